The minimum Gasteiger partial charge on any atom is -0.305 e. The molecule has 6 heteroatoms. The van der Waals surface area contributed by atoms with Crippen LogP contribution in [0.3, 0.4) is 0 Å². The Hall–Kier alpha value is -0.620. The van der Waals surface area contributed by atoms with Gasteiger partial charge in [-0.15, -0.1) is 11.6 Å². The molecule has 4 nitrogen and oxygen atoms in total. The van der Waals surface area contributed by atoms with Crippen LogP contribution >= 0.6 is 11.6 Å². The van der Waals surface area contributed by atoms with Crippen LogP contribution in [0.4, 0.5) is 0 Å². The first kappa shape index (κ1) is 16.7. The number of aryl methyl sites for hydroxylation is 1. The molecular formula is C15H23ClN2O2S. The van der Waals surface area contributed by atoms with Crippen LogP contribution in [0.1, 0.15) is 24.0 Å². The summed E-state index contributed by atoms with van der Waals surface area (Å²) in [5.74, 6) is 0.323. The zero-order valence-electron chi connectivity index (χ0n) is 12.8. The number of sulfonamides is 1. The van der Waals surface area contributed by atoms with E-state index in [1.165, 1.54) is 0 Å². The maximum atomic E-state index is 12.9. The van der Waals surface area contributed by atoms with Crippen LogP contribution in [0.25, 0.3) is 0 Å². The van der Waals surface area contributed by atoms with E-state index in [9.17, 15) is 8.42 Å². The van der Waals surface area contributed by atoms with Gasteiger partial charge in [0, 0.05) is 25.0 Å². The largest absolute Gasteiger partial charge is 0.305 e. The van der Waals surface area contributed by atoms with Crippen molar-refractivity contribution in [3.8, 4) is 0 Å². The number of alkyl halides is 1. The molecule has 0 aliphatic carbocycles. The Bertz CT molecular complexity index is 602. The Morgan fingerprint density at radius 3 is 2.71 bits per heavy atom. The molecule has 0 aromatic heterocycles. The van der Waals surface area contributed by atoms with Crippen LogP contribution in [-0.2, 0) is 15.9 Å². The lowest BCUT2D eigenvalue weighted by atomic mass is 10.1. The number of halogens is 1. The Balaban J connectivity index is 2.33. The second kappa shape index (κ2) is 6.65. The van der Waals surface area contributed by atoms with Crippen molar-refractivity contribution in [3.05, 3.63) is 29.3 Å². The average Bonchev–Trinajstić information content (AvgIpc) is 2.47. The maximum Gasteiger partial charge on any atom is 0.243 e. The second-order valence-electron chi connectivity index (χ2n) is 5.86. The SMILES string of the molecule is Cc1ccc(CCl)cc1S(=O)(=O)N1CCCC(N(C)C)C1. The molecule has 1 fully saturated rings. The van der Waals surface area contributed by atoms with E-state index in [-0.39, 0.29) is 6.04 Å². The van der Waals surface area contributed by atoms with E-state index in [1.807, 2.05) is 33.2 Å². The van der Waals surface area contributed by atoms with Gasteiger partial charge in [-0.25, -0.2) is 8.42 Å². The van der Waals surface area contributed by atoms with Crippen molar-refractivity contribution >= 4 is 21.6 Å². The number of hydrogen-bond donors (Lipinski definition) is 0. The van der Waals surface area contributed by atoms with E-state index < -0.39 is 10.0 Å². The van der Waals surface area contributed by atoms with Crippen molar-refractivity contribution < 1.29 is 8.42 Å². The molecule has 1 heterocycles. The van der Waals surface area contributed by atoms with Crippen LogP contribution in [0.2, 0.25) is 0 Å². The number of rotatable bonds is 4. The number of nitrogens with zero attached hydrogens (tertiary/aromatic N) is 2. The van der Waals surface area contributed by atoms with Gasteiger partial charge in [0.1, 0.15) is 0 Å². The van der Waals surface area contributed by atoms with E-state index >= 15 is 0 Å². The van der Waals surface area contributed by atoms with Crippen molar-refractivity contribution in [2.24, 2.45) is 0 Å². The summed E-state index contributed by atoms with van der Waals surface area (Å²) in [4.78, 5) is 2.49. The first-order valence-electron chi connectivity index (χ1n) is 7.18. The third-order valence-corrected chi connectivity index (χ3v) is 6.43. The topological polar surface area (TPSA) is 40.6 Å². The average molecular weight is 331 g/mol. The smallest absolute Gasteiger partial charge is 0.243 e. The first-order valence-corrected chi connectivity index (χ1v) is 9.16. The number of likely N-dealkylation sites (N-methyl/N-ethyl adjacent to an activating group) is 1. The van der Waals surface area contributed by atoms with Crippen molar-refractivity contribution in [1.82, 2.24) is 9.21 Å². The zero-order chi connectivity index (χ0) is 15.6. The molecule has 1 aliphatic rings. The quantitative estimate of drug-likeness (QED) is 0.796. The lowest BCUT2D eigenvalue weighted by Crippen LogP contribution is -2.47. The Kier molecular flexibility index (Phi) is 5.30. The summed E-state index contributed by atoms with van der Waals surface area (Å²) in [5, 5.41) is 0. The zero-order valence-corrected chi connectivity index (χ0v) is 14.4. The highest BCUT2D eigenvalue weighted by Crippen LogP contribution is 2.25. The predicted molar refractivity (Wildman–Crippen MR) is 86.2 cm³/mol. The fraction of sp³-hybridized carbons (Fsp3) is 0.600. The van der Waals surface area contributed by atoms with E-state index in [0.29, 0.717) is 23.9 Å². The Morgan fingerprint density at radius 1 is 1.38 bits per heavy atom. The normalized spacial score (nSPS) is 20.9. The number of piperidine rings is 1. The molecule has 0 saturated carbocycles. The van der Waals surface area contributed by atoms with Gasteiger partial charge in [0.25, 0.3) is 0 Å². The van der Waals surface area contributed by atoms with Crippen LogP contribution in [-0.4, -0.2) is 50.8 Å². The second-order valence-corrected chi connectivity index (χ2v) is 8.03. The highest BCUT2D eigenvalue weighted by molar-refractivity contribution is 7.89. The molecule has 1 unspecified atom stereocenters. The molecule has 118 valence electrons. The number of hydrogen-bond acceptors (Lipinski definition) is 3. The molecule has 0 bridgehead atoms. The Morgan fingerprint density at radius 2 is 2.10 bits per heavy atom. The summed E-state index contributed by atoms with van der Waals surface area (Å²) in [6.45, 7) is 2.98. The predicted octanol–water partition coefficient (Wildman–Crippen LogP) is 2.45. The standard InChI is InChI=1S/C15H23ClN2O2S/c1-12-6-7-13(10-16)9-15(12)21(19,20)18-8-4-5-14(11-18)17(2)3/h6-7,9,14H,4-5,8,10-11H2,1-3H3. The van der Waals surface area contributed by atoms with E-state index in [2.05, 4.69) is 4.90 Å². The van der Waals surface area contributed by atoms with Gasteiger partial charge in [0.15, 0.2) is 0 Å². The molecule has 1 aromatic rings. The van der Waals surface area contributed by atoms with Gasteiger partial charge in [-0.1, -0.05) is 12.1 Å². The van der Waals surface area contributed by atoms with Crippen LogP contribution < -0.4 is 0 Å². The van der Waals surface area contributed by atoms with Crippen molar-refractivity contribution in [1.29, 1.82) is 0 Å². The third kappa shape index (κ3) is 3.59. The first-order chi connectivity index (χ1) is 9.86. The summed E-state index contributed by atoms with van der Waals surface area (Å²) in [6.07, 6.45) is 1.94. The molecule has 0 amide bonds. The summed E-state index contributed by atoms with van der Waals surface area (Å²) in [7, 11) is 0.557. The van der Waals surface area contributed by atoms with Crippen LogP contribution in [0.5, 0.6) is 0 Å². The fourth-order valence-electron chi connectivity index (χ4n) is 2.71. The summed E-state index contributed by atoms with van der Waals surface area (Å²) in [6, 6.07) is 5.69. The van der Waals surface area contributed by atoms with Gasteiger partial charge in [0.05, 0.1) is 4.90 Å². The van der Waals surface area contributed by atoms with E-state index in [4.69, 9.17) is 11.6 Å². The third-order valence-electron chi connectivity index (χ3n) is 4.11. The molecule has 0 spiro atoms. The van der Waals surface area contributed by atoms with Crippen molar-refractivity contribution in [2.45, 2.75) is 36.6 Å². The van der Waals surface area contributed by atoms with Crippen molar-refractivity contribution in [2.75, 3.05) is 27.2 Å². The van der Waals surface area contributed by atoms with Gasteiger partial charge in [0.2, 0.25) is 10.0 Å². The van der Waals surface area contributed by atoms with Gasteiger partial charge in [-0.3, -0.25) is 0 Å². The van der Waals surface area contributed by atoms with E-state index in [0.717, 1.165) is 24.0 Å². The number of benzene rings is 1. The molecule has 0 N–H and O–H groups in total. The fourth-order valence-corrected chi connectivity index (χ4v) is 4.66. The maximum absolute atomic E-state index is 12.9. The van der Waals surface area contributed by atoms with Crippen molar-refractivity contribution in [3.63, 3.8) is 0 Å². The Labute approximate surface area is 132 Å². The molecule has 0 radical (unpaired) electrons. The minimum absolute atomic E-state index is 0.282. The van der Waals surface area contributed by atoms with Crippen LogP contribution in [0, 0.1) is 6.92 Å². The molecule has 2 rings (SSSR count). The lowest BCUT2D eigenvalue weighted by molar-refractivity contribution is 0.190. The van der Waals surface area contributed by atoms with Gasteiger partial charge >= 0.3 is 0 Å². The molecular weight excluding hydrogens is 308 g/mol. The highest BCUT2D eigenvalue weighted by atomic mass is 35.5. The molecule has 1 saturated heterocycles. The lowest BCUT2D eigenvalue weighted by Gasteiger charge is -2.35. The summed E-state index contributed by atoms with van der Waals surface area (Å²) < 4.78 is 27.4. The molecule has 1 aromatic carbocycles. The minimum atomic E-state index is -3.44. The molecule has 1 atom stereocenters. The summed E-state index contributed by atoms with van der Waals surface area (Å²) >= 11 is 5.84. The van der Waals surface area contributed by atoms with E-state index in [1.54, 1.807) is 10.4 Å². The molecule has 21 heavy (non-hydrogen) atoms. The summed E-state index contributed by atoms with van der Waals surface area (Å²) in [5.41, 5.74) is 1.61. The van der Waals surface area contributed by atoms with Gasteiger partial charge in [-0.05, 0) is 51.1 Å². The monoisotopic (exact) mass is 330 g/mol. The van der Waals surface area contributed by atoms with Gasteiger partial charge < -0.3 is 4.90 Å². The highest BCUT2D eigenvalue weighted by Gasteiger charge is 2.31. The van der Waals surface area contributed by atoms with Gasteiger partial charge in [-0.2, -0.15) is 4.31 Å². The van der Waals surface area contributed by atoms with Crippen LogP contribution in [0.15, 0.2) is 23.1 Å². The molecule has 1 aliphatic heterocycles.